The van der Waals surface area contributed by atoms with Crippen LogP contribution in [0.25, 0.3) is 0 Å². The third kappa shape index (κ3) is 2.67. The number of aromatic nitrogens is 4. The minimum absolute atomic E-state index is 0.0261. The molecule has 1 aliphatic rings. The largest absolute Gasteiger partial charge is 0.471 e. The van der Waals surface area contributed by atoms with E-state index >= 15 is 0 Å². The van der Waals surface area contributed by atoms with Crippen LogP contribution in [0.15, 0.2) is 4.52 Å². The van der Waals surface area contributed by atoms with E-state index in [1.807, 2.05) is 0 Å². The van der Waals surface area contributed by atoms with E-state index in [-0.39, 0.29) is 24.2 Å². The molecule has 0 aromatic carbocycles. The zero-order valence-electron chi connectivity index (χ0n) is 11.3. The summed E-state index contributed by atoms with van der Waals surface area (Å²) in [4.78, 5) is 17.6. The molecule has 1 aliphatic heterocycles. The summed E-state index contributed by atoms with van der Waals surface area (Å²) in [5.74, 6) is -1.99. The van der Waals surface area contributed by atoms with Crippen molar-refractivity contribution < 1.29 is 22.5 Å². The summed E-state index contributed by atoms with van der Waals surface area (Å²) >= 11 is 0.998. The van der Waals surface area contributed by atoms with Gasteiger partial charge in [0.15, 0.2) is 5.82 Å². The maximum Gasteiger partial charge on any atom is 0.471 e. The number of hydrogen-bond acceptors (Lipinski definition) is 7. The van der Waals surface area contributed by atoms with Crippen LogP contribution in [0.1, 0.15) is 39.4 Å². The number of aryl methyl sites for hydroxylation is 1. The Labute approximate surface area is 126 Å². The van der Waals surface area contributed by atoms with Crippen molar-refractivity contribution in [3.63, 3.8) is 0 Å². The number of nitrogens with zero attached hydrogens (tertiary/aromatic N) is 5. The third-order valence-electron chi connectivity index (χ3n) is 3.37. The molecule has 1 saturated heterocycles. The molecule has 0 aliphatic carbocycles. The van der Waals surface area contributed by atoms with Crippen LogP contribution in [0, 0.1) is 6.92 Å². The van der Waals surface area contributed by atoms with Gasteiger partial charge in [0.25, 0.3) is 5.91 Å². The normalized spacial score (nSPS) is 18.9. The van der Waals surface area contributed by atoms with Crippen LogP contribution >= 0.6 is 11.5 Å². The summed E-state index contributed by atoms with van der Waals surface area (Å²) in [5, 5.41) is 7.15. The molecule has 1 amide bonds. The number of carbonyl (C=O) groups excluding carboxylic acids is 1. The average molecular weight is 333 g/mol. The Morgan fingerprint density at radius 1 is 1.45 bits per heavy atom. The number of amides is 1. The summed E-state index contributed by atoms with van der Waals surface area (Å²) in [6, 6.07) is 0. The van der Waals surface area contributed by atoms with Gasteiger partial charge in [0.1, 0.15) is 4.88 Å². The van der Waals surface area contributed by atoms with Crippen LogP contribution in [0.5, 0.6) is 0 Å². The maximum absolute atomic E-state index is 12.5. The fourth-order valence-electron chi connectivity index (χ4n) is 2.24. The van der Waals surface area contributed by atoms with Gasteiger partial charge in [-0.05, 0) is 24.9 Å². The average Bonchev–Trinajstić information content (AvgIpc) is 3.16. The van der Waals surface area contributed by atoms with Crippen molar-refractivity contribution in [2.24, 2.45) is 0 Å². The highest BCUT2D eigenvalue weighted by molar-refractivity contribution is 7.07. The number of carbonyl (C=O) groups is 1. The zero-order chi connectivity index (χ0) is 15.9. The highest BCUT2D eigenvalue weighted by atomic mass is 32.1. The minimum Gasteiger partial charge on any atom is -0.337 e. The van der Waals surface area contributed by atoms with Crippen molar-refractivity contribution in [2.45, 2.75) is 25.4 Å². The van der Waals surface area contributed by atoms with Crippen molar-refractivity contribution in [1.29, 1.82) is 0 Å². The van der Waals surface area contributed by atoms with Gasteiger partial charge in [-0.25, -0.2) is 0 Å². The zero-order valence-corrected chi connectivity index (χ0v) is 12.1. The molecular weight excluding hydrogens is 323 g/mol. The van der Waals surface area contributed by atoms with Crippen molar-refractivity contribution in [3.8, 4) is 0 Å². The van der Waals surface area contributed by atoms with Crippen LogP contribution in [-0.2, 0) is 6.18 Å². The van der Waals surface area contributed by atoms with Gasteiger partial charge in [0, 0.05) is 19.0 Å². The Morgan fingerprint density at radius 3 is 2.82 bits per heavy atom. The van der Waals surface area contributed by atoms with E-state index in [9.17, 15) is 18.0 Å². The lowest BCUT2D eigenvalue weighted by molar-refractivity contribution is -0.159. The standard InChI is InChI=1S/C11H10F3N5O2S/c1-5-7(22-18-16-5)9(20)19-3-2-6(4-19)8-15-10(21-17-8)11(12,13)14/h6H,2-4H2,1H3/t6-/m0/s1. The molecule has 2 aromatic rings. The first kappa shape index (κ1) is 14.9. The number of alkyl halides is 3. The Hall–Kier alpha value is -2.04. The van der Waals surface area contributed by atoms with Crippen molar-refractivity contribution in [1.82, 2.24) is 24.6 Å². The van der Waals surface area contributed by atoms with E-state index in [1.165, 1.54) is 4.90 Å². The first-order valence-corrected chi connectivity index (χ1v) is 7.12. The molecule has 22 heavy (non-hydrogen) atoms. The van der Waals surface area contributed by atoms with Crippen LogP contribution in [-0.4, -0.2) is 43.6 Å². The van der Waals surface area contributed by atoms with E-state index in [4.69, 9.17) is 0 Å². The third-order valence-corrected chi connectivity index (χ3v) is 4.19. The molecule has 11 heteroatoms. The summed E-state index contributed by atoms with van der Waals surface area (Å²) in [7, 11) is 0. The topological polar surface area (TPSA) is 85.0 Å². The molecule has 0 spiro atoms. The van der Waals surface area contributed by atoms with E-state index in [1.54, 1.807) is 6.92 Å². The lowest BCUT2D eigenvalue weighted by Crippen LogP contribution is -2.28. The monoisotopic (exact) mass is 333 g/mol. The van der Waals surface area contributed by atoms with E-state index in [2.05, 4.69) is 24.3 Å². The predicted octanol–water partition coefficient (Wildman–Crippen LogP) is 1.88. The molecular formula is C11H10F3N5O2S. The molecule has 3 rings (SSSR count). The lowest BCUT2D eigenvalue weighted by atomic mass is 10.1. The quantitative estimate of drug-likeness (QED) is 0.834. The first-order chi connectivity index (χ1) is 10.4. The van der Waals surface area contributed by atoms with Gasteiger partial charge in [-0.15, -0.1) is 5.10 Å². The van der Waals surface area contributed by atoms with E-state index in [0.29, 0.717) is 23.5 Å². The second kappa shape index (κ2) is 5.30. The second-order valence-corrected chi connectivity index (χ2v) is 5.63. The Kier molecular flexibility index (Phi) is 3.59. The number of halogens is 3. The number of likely N-dealkylation sites (tertiary alicyclic amines) is 1. The second-order valence-electron chi connectivity index (χ2n) is 4.88. The molecule has 0 bridgehead atoms. The highest BCUT2D eigenvalue weighted by Crippen LogP contribution is 2.31. The summed E-state index contributed by atoms with van der Waals surface area (Å²) in [6.45, 7) is 2.34. The van der Waals surface area contributed by atoms with Crippen LogP contribution < -0.4 is 0 Å². The molecule has 2 aromatic heterocycles. The van der Waals surface area contributed by atoms with Gasteiger partial charge in [-0.1, -0.05) is 9.64 Å². The Balaban J connectivity index is 1.71. The summed E-state index contributed by atoms with van der Waals surface area (Å²) in [6.07, 6.45) is -4.18. The van der Waals surface area contributed by atoms with Crippen molar-refractivity contribution in [3.05, 3.63) is 22.3 Å². The van der Waals surface area contributed by atoms with Crippen molar-refractivity contribution in [2.75, 3.05) is 13.1 Å². The molecule has 1 atom stereocenters. The molecule has 1 fully saturated rings. The Bertz CT molecular complexity index is 698. The number of rotatable bonds is 2. The van der Waals surface area contributed by atoms with Crippen LogP contribution in [0.3, 0.4) is 0 Å². The molecule has 0 N–H and O–H groups in total. The molecule has 7 nitrogen and oxygen atoms in total. The van der Waals surface area contributed by atoms with Gasteiger partial charge in [0.2, 0.25) is 0 Å². The van der Waals surface area contributed by atoms with Gasteiger partial charge < -0.3 is 9.42 Å². The molecule has 0 saturated carbocycles. The lowest BCUT2D eigenvalue weighted by Gasteiger charge is -2.14. The fraction of sp³-hybridized carbons (Fsp3) is 0.545. The molecule has 118 valence electrons. The summed E-state index contributed by atoms with van der Waals surface area (Å²) in [5.41, 5.74) is 0.539. The van der Waals surface area contributed by atoms with Crippen molar-refractivity contribution >= 4 is 17.4 Å². The highest BCUT2D eigenvalue weighted by Gasteiger charge is 2.40. The molecule has 0 radical (unpaired) electrons. The maximum atomic E-state index is 12.5. The van der Waals surface area contributed by atoms with Gasteiger partial charge in [0.05, 0.1) is 5.69 Å². The minimum atomic E-state index is -4.66. The van der Waals surface area contributed by atoms with Gasteiger partial charge in [-0.2, -0.15) is 18.2 Å². The van der Waals surface area contributed by atoms with Gasteiger partial charge >= 0.3 is 12.1 Å². The van der Waals surface area contributed by atoms with Crippen LogP contribution in [0.2, 0.25) is 0 Å². The summed E-state index contributed by atoms with van der Waals surface area (Å²) < 4.78 is 45.3. The SMILES string of the molecule is Cc1nnsc1C(=O)N1CC[C@H](c2noc(C(F)(F)F)n2)C1. The Morgan fingerprint density at radius 2 is 2.23 bits per heavy atom. The smallest absolute Gasteiger partial charge is 0.337 e. The van der Waals surface area contributed by atoms with E-state index in [0.717, 1.165) is 11.5 Å². The van der Waals surface area contributed by atoms with Crippen LogP contribution in [0.4, 0.5) is 13.2 Å². The molecule has 3 heterocycles. The number of hydrogen-bond donors (Lipinski definition) is 0. The molecule has 0 unspecified atom stereocenters. The van der Waals surface area contributed by atoms with Gasteiger partial charge in [-0.3, -0.25) is 4.79 Å². The predicted molar refractivity (Wildman–Crippen MR) is 67.2 cm³/mol. The first-order valence-electron chi connectivity index (χ1n) is 6.35. The van der Waals surface area contributed by atoms with E-state index < -0.39 is 12.1 Å². The fourth-order valence-corrected chi connectivity index (χ4v) is 2.87.